The van der Waals surface area contributed by atoms with Gasteiger partial charge in [-0.05, 0) is 31.9 Å². The van der Waals surface area contributed by atoms with E-state index in [2.05, 4.69) is 40.8 Å². The Hall–Kier alpha value is -3.53. The van der Waals surface area contributed by atoms with Crippen molar-refractivity contribution in [1.82, 2.24) is 25.3 Å². The van der Waals surface area contributed by atoms with Crippen LogP contribution in [0.5, 0.6) is 0 Å². The van der Waals surface area contributed by atoms with Crippen LogP contribution in [0.1, 0.15) is 40.0 Å². The number of aromatic nitrogens is 4. The van der Waals surface area contributed by atoms with E-state index in [-0.39, 0.29) is 17.7 Å². The van der Waals surface area contributed by atoms with Crippen molar-refractivity contribution in [2.75, 3.05) is 41.7 Å². The Balaban J connectivity index is 1.50. The lowest BCUT2D eigenvalue weighted by Crippen LogP contribution is -2.44. The number of oxazole rings is 1. The second kappa shape index (κ2) is 9.31. The fourth-order valence-electron chi connectivity index (χ4n) is 3.71. The molecular weight excluding hydrogens is 408 g/mol. The highest BCUT2D eigenvalue weighted by Crippen LogP contribution is 2.23. The monoisotopic (exact) mass is 436 g/mol. The average Bonchev–Trinajstić information content (AvgIpc) is 3.25. The second-order valence-electron chi connectivity index (χ2n) is 7.85. The SMILES string of the molecule is CCc1nc(Nc2ncc(C(=O)Nc3c(C)cc(C)cc3C)o2)nc(N2CCNCC2)n1. The van der Waals surface area contributed by atoms with Gasteiger partial charge in [-0.2, -0.15) is 15.0 Å². The molecule has 4 rings (SSSR count). The first-order valence-electron chi connectivity index (χ1n) is 10.8. The quantitative estimate of drug-likeness (QED) is 0.535. The second-order valence-corrected chi connectivity index (χ2v) is 7.85. The number of carbonyl (C=O) groups is 1. The largest absolute Gasteiger partial charge is 0.418 e. The van der Waals surface area contributed by atoms with Crippen molar-refractivity contribution in [3.05, 3.63) is 46.6 Å². The van der Waals surface area contributed by atoms with Crippen LogP contribution in [0.25, 0.3) is 0 Å². The van der Waals surface area contributed by atoms with Crippen LogP contribution < -0.4 is 20.9 Å². The third-order valence-corrected chi connectivity index (χ3v) is 5.25. The lowest BCUT2D eigenvalue weighted by molar-refractivity contribution is 0.0997. The molecule has 0 unspecified atom stereocenters. The molecule has 2 aromatic heterocycles. The number of hydrogen-bond acceptors (Lipinski definition) is 9. The van der Waals surface area contributed by atoms with Gasteiger partial charge in [0.25, 0.3) is 5.91 Å². The molecule has 1 aromatic carbocycles. The summed E-state index contributed by atoms with van der Waals surface area (Å²) in [5.41, 5.74) is 3.91. The standard InChI is InChI=1S/C22H28N8O2/c1-5-17-25-20(28-21(26-17)30-8-6-23-7-9-30)29-22-24-12-16(32-22)19(31)27-18-14(3)10-13(2)11-15(18)4/h10-12,23H,5-9H2,1-4H3,(H,27,31)(H,24,25,26,28,29). The summed E-state index contributed by atoms with van der Waals surface area (Å²) in [5, 5.41) is 9.20. The Labute approximate surface area is 186 Å². The summed E-state index contributed by atoms with van der Waals surface area (Å²) in [6.45, 7) is 11.4. The van der Waals surface area contributed by atoms with Gasteiger partial charge in [0.15, 0.2) is 0 Å². The molecule has 0 radical (unpaired) electrons. The first-order valence-corrected chi connectivity index (χ1v) is 10.8. The topological polar surface area (TPSA) is 121 Å². The zero-order chi connectivity index (χ0) is 22.7. The van der Waals surface area contributed by atoms with Crippen LogP contribution in [-0.4, -0.2) is 52.0 Å². The van der Waals surface area contributed by atoms with Gasteiger partial charge in [0, 0.05) is 38.3 Å². The lowest BCUT2D eigenvalue weighted by Gasteiger charge is -2.27. The molecule has 168 valence electrons. The summed E-state index contributed by atoms with van der Waals surface area (Å²) in [6, 6.07) is 4.20. The van der Waals surface area contributed by atoms with E-state index in [1.807, 2.05) is 39.8 Å². The minimum absolute atomic E-state index is 0.0963. The molecule has 10 nitrogen and oxygen atoms in total. The number of piperazine rings is 1. The fourth-order valence-corrected chi connectivity index (χ4v) is 3.71. The van der Waals surface area contributed by atoms with E-state index in [0.29, 0.717) is 24.1 Å². The number of hydrogen-bond donors (Lipinski definition) is 3. The first kappa shape index (κ1) is 21.7. The van der Waals surface area contributed by atoms with Crippen molar-refractivity contribution in [2.45, 2.75) is 34.1 Å². The Morgan fingerprint density at radius 2 is 1.84 bits per heavy atom. The smallest absolute Gasteiger partial charge is 0.302 e. The maximum absolute atomic E-state index is 12.7. The number of anilines is 4. The van der Waals surface area contributed by atoms with Gasteiger partial charge in [-0.15, -0.1) is 0 Å². The first-order chi connectivity index (χ1) is 15.4. The highest BCUT2D eigenvalue weighted by Gasteiger charge is 2.18. The van der Waals surface area contributed by atoms with Crippen molar-refractivity contribution in [2.24, 2.45) is 0 Å². The highest BCUT2D eigenvalue weighted by atomic mass is 16.4. The zero-order valence-electron chi connectivity index (χ0n) is 18.8. The predicted molar refractivity (Wildman–Crippen MR) is 123 cm³/mol. The third kappa shape index (κ3) is 4.86. The summed E-state index contributed by atoms with van der Waals surface area (Å²) in [7, 11) is 0. The van der Waals surface area contributed by atoms with Crippen LogP contribution in [0.4, 0.5) is 23.6 Å². The van der Waals surface area contributed by atoms with E-state index in [1.54, 1.807) is 0 Å². The number of aryl methyl sites for hydroxylation is 4. The van der Waals surface area contributed by atoms with Crippen molar-refractivity contribution in [3.8, 4) is 0 Å². The molecule has 3 heterocycles. The molecule has 0 bridgehead atoms. The van der Waals surface area contributed by atoms with E-state index < -0.39 is 0 Å². The average molecular weight is 437 g/mol. The molecule has 0 spiro atoms. The molecule has 3 N–H and O–H groups in total. The van der Waals surface area contributed by atoms with Crippen LogP contribution in [0, 0.1) is 20.8 Å². The van der Waals surface area contributed by atoms with Crippen LogP contribution in [0.2, 0.25) is 0 Å². The lowest BCUT2D eigenvalue weighted by atomic mass is 10.1. The molecule has 3 aromatic rings. The Bertz CT molecular complexity index is 1100. The van der Waals surface area contributed by atoms with Crippen molar-refractivity contribution in [3.63, 3.8) is 0 Å². The number of benzene rings is 1. The molecule has 0 aliphatic carbocycles. The van der Waals surface area contributed by atoms with Gasteiger partial charge in [-0.1, -0.05) is 24.6 Å². The van der Waals surface area contributed by atoms with Crippen LogP contribution >= 0.6 is 0 Å². The zero-order valence-corrected chi connectivity index (χ0v) is 18.8. The normalized spacial score (nSPS) is 13.8. The van der Waals surface area contributed by atoms with Crippen LogP contribution in [0.15, 0.2) is 22.7 Å². The summed E-state index contributed by atoms with van der Waals surface area (Å²) < 4.78 is 5.63. The summed E-state index contributed by atoms with van der Waals surface area (Å²) in [5.74, 6) is 1.36. The van der Waals surface area contributed by atoms with Crippen molar-refractivity contribution >= 4 is 29.5 Å². The molecule has 1 aliphatic rings. The molecule has 0 saturated carbocycles. The van der Waals surface area contributed by atoms with Gasteiger partial charge in [0.05, 0.1) is 6.20 Å². The van der Waals surface area contributed by atoms with E-state index in [0.717, 1.165) is 48.6 Å². The van der Waals surface area contributed by atoms with Gasteiger partial charge in [0.1, 0.15) is 5.82 Å². The Kier molecular flexibility index (Phi) is 6.31. The van der Waals surface area contributed by atoms with Gasteiger partial charge >= 0.3 is 6.01 Å². The number of amides is 1. The minimum Gasteiger partial charge on any atom is -0.418 e. The number of nitrogens with one attached hydrogen (secondary N) is 3. The molecule has 1 amide bonds. The molecule has 1 aliphatic heterocycles. The molecule has 32 heavy (non-hydrogen) atoms. The highest BCUT2D eigenvalue weighted by molar-refractivity contribution is 6.03. The van der Waals surface area contributed by atoms with Crippen LogP contribution in [0.3, 0.4) is 0 Å². The third-order valence-electron chi connectivity index (χ3n) is 5.25. The van der Waals surface area contributed by atoms with Crippen molar-refractivity contribution < 1.29 is 9.21 Å². The van der Waals surface area contributed by atoms with Crippen molar-refractivity contribution in [1.29, 1.82) is 0 Å². The van der Waals surface area contributed by atoms with Gasteiger partial charge in [-0.25, -0.2) is 4.98 Å². The molecule has 1 saturated heterocycles. The molecular formula is C22H28N8O2. The number of nitrogens with zero attached hydrogens (tertiary/aromatic N) is 5. The number of rotatable bonds is 6. The molecule has 1 fully saturated rings. The van der Waals surface area contributed by atoms with E-state index >= 15 is 0 Å². The summed E-state index contributed by atoms with van der Waals surface area (Å²) in [4.78, 5) is 32.5. The Morgan fingerprint density at radius 1 is 1.12 bits per heavy atom. The fraction of sp³-hybridized carbons (Fsp3) is 0.409. The molecule has 10 heteroatoms. The van der Waals surface area contributed by atoms with E-state index in [9.17, 15) is 4.79 Å². The van der Waals surface area contributed by atoms with Gasteiger partial charge in [-0.3, -0.25) is 10.1 Å². The van der Waals surface area contributed by atoms with E-state index in [1.165, 1.54) is 6.20 Å². The maximum atomic E-state index is 12.7. The number of carbonyl (C=O) groups excluding carboxylic acids is 1. The predicted octanol–water partition coefficient (Wildman–Crippen LogP) is 2.75. The molecule has 0 atom stereocenters. The summed E-state index contributed by atoms with van der Waals surface area (Å²) >= 11 is 0. The summed E-state index contributed by atoms with van der Waals surface area (Å²) in [6.07, 6.45) is 2.06. The Morgan fingerprint density at radius 3 is 2.53 bits per heavy atom. The van der Waals surface area contributed by atoms with E-state index in [4.69, 9.17) is 4.42 Å². The maximum Gasteiger partial charge on any atom is 0.302 e. The van der Waals surface area contributed by atoms with Gasteiger partial charge < -0.3 is 20.0 Å². The minimum atomic E-state index is -0.369. The van der Waals surface area contributed by atoms with Crippen LogP contribution in [-0.2, 0) is 6.42 Å². The van der Waals surface area contributed by atoms with Gasteiger partial charge in [0.2, 0.25) is 17.7 Å².